The SMILES string of the molecule is N#Cc1cc(Cl)c(OC(F)F)c(Cl)c1. The third-order valence-electron chi connectivity index (χ3n) is 1.33. The fourth-order valence-corrected chi connectivity index (χ4v) is 1.40. The summed E-state index contributed by atoms with van der Waals surface area (Å²) in [6, 6.07) is 4.18. The maximum absolute atomic E-state index is 11.9. The molecule has 0 unspecified atom stereocenters. The zero-order valence-corrected chi connectivity index (χ0v) is 8.11. The van der Waals surface area contributed by atoms with Gasteiger partial charge in [-0.3, -0.25) is 0 Å². The fraction of sp³-hybridized carbons (Fsp3) is 0.125. The van der Waals surface area contributed by atoms with Crippen LogP contribution >= 0.6 is 23.2 Å². The van der Waals surface area contributed by atoms with Crippen molar-refractivity contribution in [2.45, 2.75) is 6.61 Å². The zero-order chi connectivity index (χ0) is 10.7. The Morgan fingerprint density at radius 3 is 2.14 bits per heavy atom. The molecular weight excluding hydrogens is 235 g/mol. The van der Waals surface area contributed by atoms with Crippen molar-refractivity contribution in [2.24, 2.45) is 0 Å². The molecule has 1 aromatic carbocycles. The molecule has 0 bridgehead atoms. The van der Waals surface area contributed by atoms with E-state index in [-0.39, 0.29) is 21.4 Å². The van der Waals surface area contributed by atoms with Crippen LogP contribution in [0.2, 0.25) is 10.0 Å². The molecule has 0 aromatic heterocycles. The topological polar surface area (TPSA) is 33.0 Å². The van der Waals surface area contributed by atoms with Crippen LogP contribution in [0, 0.1) is 11.3 Å². The number of nitriles is 1. The summed E-state index contributed by atoms with van der Waals surface area (Å²) >= 11 is 11.1. The van der Waals surface area contributed by atoms with Gasteiger partial charge in [-0.05, 0) is 12.1 Å². The first-order chi connectivity index (χ1) is 6.54. The van der Waals surface area contributed by atoms with Crippen LogP contribution in [0.1, 0.15) is 5.56 Å². The number of benzene rings is 1. The van der Waals surface area contributed by atoms with E-state index in [0.717, 1.165) is 0 Å². The minimum Gasteiger partial charge on any atom is -0.432 e. The second-order valence-electron chi connectivity index (χ2n) is 2.26. The summed E-state index contributed by atoms with van der Waals surface area (Å²) in [5, 5.41) is 8.27. The van der Waals surface area contributed by atoms with Crippen LogP contribution in [0.3, 0.4) is 0 Å². The van der Waals surface area contributed by atoms with Crippen molar-refractivity contribution in [3.8, 4) is 11.8 Å². The molecule has 6 heteroatoms. The molecule has 0 heterocycles. The average Bonchev–Trinajstić information content (AvgIpc) is 2.10. The van der Waals surface area contributed by atoms with Crippen molar-refractivity contribution in [2.75, 3.05) is 0 Å². The lowest BCUT2D eigenvalue weighted by Gasteiger charge is -2.08. The molecule has 0 saturated heterocycles. The van der Waals surface area contributed by atoms with Crippen LogP contribution in [0.15, 0.2) is 12.1 Å². The summed E-state index contributed by atoms with van der Waals surface area (Å²) in [6.07, 6.45) is 0. The van der Waals surface area contributed by atoms with E-state index < -0.39 is 6.61 Å². The number of hydrogen-bond acceptors (Lipinski definition) is 2. The minimum absolute atomic E-state index is 0.116. The average molecular weight is 238 g/mol. The lowest BCUT2D eigenvalue weighted by Crippen LogP contribution is -2.03. The third kappa shape index (κ3) is 2.47. The molecule has 14 heavy (non-hydrogen) atoms. The maximum atomic E-state index is 11.9. The van der Waals surface area contributed by atoms with E-state index in [2.05, 4.69) is 4.74 Å². The van der Waals surface area contributed by atoms with Gasteiger partial charge in [0.05, 0.1) is 21.7 Å². The Morgan fingerprint density at radius 1 is 1.29 bits per heavy atom. The monoisotopic (exact) mass is 237 g/mol. The van der Waals surface area contributed by atoms with E-state index in [1.165, 1.54) is 12.1 Å². The predicted molar refractivity (Wildman–Crippen MR) is 47.8 cm³/mol. The Balaban J connectivity index is 3.13. The highest BCUT2D eigenvalue weighted by Gasteiger charge is 2.13. The van der Waals surface area contributed by atoms with Crippen molar-refractivity contribution >= 4 is 23.2 Å². The molecule has 1 rings (SSSR count). The molecule has 0 aliphatic carbocycles. The van der Waals surface area contributed by atoms with Gasteiger partial charge in [0.2, 0.25) is 0 Å². The van der Waals surface area contributed by atoms with Crippen LogP contribution in [-0.2, 0) is 0 Å². The standard InChI is InChI=1S/C8H3Cl2F2NO/c9-5-1-4(3-13)2-6(10)7(5)14-8(11)12/h1-2,8H. The molecule has 0 spiro atoms. The zero-order valence-electron chi connectivity index (χ0n) is 6.60. The highest BCUT2D eigenvalue weighted by Crippen LogP contribution is 2.34. The number of ether oxygens (including phenoxy) is 1. The van der Waals surface area contributed by atoms with Crippen LogP contribution in [-0.4, -0.2) is 6.61 Å². The highest BCUT2D eigenvalue weighted by atomic mass is 35.5. The van der Waals surface area contributed by atoms with Gasteiger partial charge in [0.15, 0.2) is 5.75 Å². The molecule has 0 fully saturated rings. The van der Waals surface area contributed by atoms with Crippen molar-refractivity contribution in [1.29, 1.82) is 5.26 Å². The van der Waals surface area contributed by atoms with Gasteiger partial charge in [-0.1, -0.05) is 23.2 Å². The van der Waals surface area contributed by atoms with Gasteiger partial charge in [0, 0.05) is 0 Å². The summed E-state index contributed by atoms with van der Waals surface area (Å²) in [4.78, 5) is 0. The van der Waals surface area contributed by atoms with Crippen molar-refractivity contribution in [3.63, 3.8) is 0 Å². The highest BCUT2D eigenvalue weighted by molar-refractivity contribution is 6.37. The summed E-state index contributed by atoms with van der Waals surface area (Å²) in [5.41, 5.74) is 0.182. The maximum Gasteiger partial charge on any atom is 0.387 e. The number of alkyl halides is 2. The molecule has 0 saturated carbocycles. The van der Waals surface area contributed by atoms with E-state index in [4.69, 9.17) is 28.5 Å². The molecule has 2 nitrogen and oxygen atoms in total. The summed E-state index contributed by atoms with van der Waals surface area (Å²) in [6.45, 7) is -3.00. The van der Waals surface area contributed by atoms with Crippen LogP contribution < -0.4 is 4.74 Å². The largest absolute Gasteiger partial charge is 0.432 e. The van der Waals surface area contributed by atoms with Gasteiger partial charge >= 0.3 is 6.61 Å². The quantitative estimate of drug-likeness (QED) is 0.790. The van der Waals surface area contributed by atoms with Crippen molar-refractivity contribution in [1.82, 2.24) is 0 Å². The number of rotatable bonds is 2. The smallest absolute Gasteiger partial charge is 0.387 e. The van der Waals surface area contributed by atoms with Gasteiger partial charge in [0.1, 0.15) is 0 Å². The van der Waals surface area contributed by atoms with E-state index in [0.29, 0.717) is 0 Å². The van der Waals surface area contributed by atoms with Crippen LogP contribution in [0.5, 0.6) is 5.75 Å². The molecule has 1 aromatic rings. The van der Waals surface area contributed by atoms with Crippen molar-refractivity contribution in [3.05, 3.63) is 27.7 Å². The molecule has 0 amide bonds. The third-order valence-corrected chi connectivity index (χ3v) is 1.90. The Hall–Kier alpha value is -1.05. The Labute approximate surface area is 88.6 Å². The molecular formula is C8H3Cl2F2NO. The summed E-state index contributed by atoms with van der Waals surface area (Å²) in [5.74, 6) is -0.317. The van der Waals surface area contributed by atoms with E-state index in [1.807, 2.05) is 0 Å². The first-order valence-corrected chi connectivity index (χ1v) is 4.14. The van der Waals surface area contributed by atoms with Gasteiger partial charge in [0.25, 0.3) is 0 Å². The van der Waals surface area contributed by atoms with Gasteiger partial charge in [-0.25, -0.2) is 0 Å². The van der Waals surface area contributed by atoms with E-state index in [1.54, 1.807) is 6.07 Å². The van der Waals surface area contributed by atoms with Gasteiger partial charge < -0.3 is 4.74 Å². The van der Waals surface area contributed by atoms with E-state index >= 15 is 0 Å². The summed E-state index contributed by atoms with van der Waals surface area (Å²) < 4.78 is 27.8. The Kier molecular flexibility index (Phi) is 3.50. The summed E-state index contributed by atoms with van der Waals surface area (Å²) in [7, 11) is 0. The molecule has 0 atom stereocenters. The first kappa shape index (κ1) is 11.0. The number of hydrogen-bond donors (Lipinski definition) is 0. The molecule has 74 valence electrons. The van der Waals surface area contributed by atoms with Gasteiger partial charge in [-0.15, -0.1) is 0 Å². The second-order valence-corrected chi connectivity index (χ2v) is 3.07. The Morgan fingerprint density at radius 2 is 1.79 bits per heavy atom. The molecule has 0 radical (unpaired) electrons. The minimum atomic E-state index is -3.00. The number of halogens is 4. The predicted octanol–water partition coefficient (Wildman–Crippen LogP) is 3.47. The van der Waals surface area contributed by atoms with E-state index in [9.17, 15) is 8.78 Å². The number of nitrogens with zero attached hydrogens (tertiary/aromatic N) is 1. The Bertz CT molecular complexity index is 366. The van der Waals surface area contributed by atoms with Crippen LogP contribution in [0.4, 0.5) is 8.78 Å². The second kappa shape index (κ2) is 4.45. The lowest BCUT2D eigenvalue weighted by atomic mass is 10.2. The first-order valence-electron chi connectivity index (χ1n) is 3.38. The molecule has 0 N–H and O–H groups in total. The lowest BCUT2D eigenvalue weighted by molar-refractivity contribution is -0.0497. The van der Waals surface area contributed by atoms with Crippen LogP contribution in [0.25, 0.3) is 0 Å². The molecule has 0 aliphatic heterocycles. The molecule has 0 aliphatic rings. The van der Waals surface area contributed by atoms with Crippen molar-refractivity contribution < 1.29 is 13.5 Å². The fourth-order valence-electron chi connectivity index (χ4n) is 0.826. The normalized spacial score (nSPS) is 10.0. The van der Waals surface area contributed by atoms with Gasteiger partial charge in [-0.2, -0.15) is 14.0 Å².